The number of carbonyl (C=O) groups is 1. The van der Waals surface area contributed by atoms with Crippen molar-refractivity contribution in [2.24, 2.45) is 0 Å². The molecule has 8 nitrogen and oxygen atoms in total. The fraction of sp³-hybridized carbons (Fsp3) is 0.877. The van der Waals surface area contributed by atoms with Crippen LogP contribution in [0.1, 0.15) is 271 Å². The van der Waals surface area contributed by atoms with Gasteiger partial charge in [0, 0.05) is 6.42 Å². The molecule has 0 aromatic rings. The normalized spacial score (nSPS) is 14.2. The summed E-state index contributed by atoms with van der Waals surface area (Å²) in [5, 5.41) is 13.9. The van der Waals surface area contributed by atoms with Crippen molar-refractivity contribution in [1.29, 1.82) is 0 Å². The maximum absolute atomic E-state index is 13.0. The molecular weight excluding hydrogens is 840 g/mol. The van der Waals surface area contributed by atoms with Crippen LogP contribution in [-0.2, 0) is 18.4 Å². The Morgan fingerprint density at radius 2 is 0.864 bits per heavy atom. The van der Waals surface area contributed by atoms with Crippen molar-refractivity contribution in [3.05, 3.63) is 36.5 Å². The molecule has 9 heteroatoms. The van der Waals surface area contributed by atoms with Gasteiger partial charge >= 0.3 is 7.82 Å². The van der Waals surface area contributed by atoms with E-state index in [1.165, 1.54) is 205 Å². The van der Waals surface area contributed by atoms with Crippen molar-refractivity contribution >= 4 is 13.7 Å². The number of hydrogen-bond acceptors (Lipinski definition) is 5. The van der Waals surface area contributed by atoms with E-state index in [4.69, 9.17) is 9.05 Å². The van der Waals surface area contributed by atoms with Gasteiger partial charge in [-0.2, -0.15) is 0 Å². The van der Waals surface area contributed by atoms with Crippen LogP contribution in [0.15, 0.2) is 36.5 Å². The number of hydrogen-bond donors (Lipinski definition) is 3. The molecule has 1 amide bonds. The third kappa shape index (κ3) is 50.6. The SMILES string of the molecule is CCCCCCC/C=C\C/C=C\CCCCCCCCCCCCCC(=O)NC(COP(=O)(O)OCC[N+](C)(C)C)C(O)/C=C/CCCCCCCCCCCCCCCCCCCCC. The summed E-state index contributed by atoms with van der Waals surface area (Å²) in [6.07, 6.45) is 62.3. The van der Waals surface area contributed by atoms with Gasteiger partial charge in [0.15, 0.2) is 0 Å². The molecule has 0 saturated carbocycles. The van der Waals surface area contributed by atoms with E-state index in [0.29, 0.717) is 17.4 Å². The summed E-state index contributed by atoms with van der Waals surface area (Å²) in [6.45, 7) is 4.84. The Bertz CT molecular complexity index is 1170. The smallest absolute Gasteiger partial charge is 0.387 e. The first-order valence-corrected chi connectivity index (χ1v) is 29.9. The molecule has 3 atom stereocenters. The Morgan fingerprint density at radius 1 is 0.515 bits per heavy atom. The number of allylic oxidation sites excluding steroid dienone is 5. The van der Waals surface area contributed by atoms with Crippen LogP contribution in [-0.4, -0.2) is 73.4 Å². The zero-order valence-corrected chi connectivity index (χ0v) is 45.3. The Morgan fingerprint density at radius 3 is 1.24 bits per heavy atom. The lowest BCUT2D eigenvalue weighted by Crippen LogP contribution is -2.45. The van der Waals surface area contributed by atoms with E-state index in [-0.39, 0.29) is 19.1 Å². The molecule has 66 heavy (non-hydrogen) atoms. The molecule has 0 saturated heterocycles. The molecule has 3 N–H and O–H groups in total. The average molecular weight is 953 g/mol. The van der Waals surface area contributed by atoms with Crippen LogP contribution in [0.5, 0.6) is 0 Å². The van der Waals surface area contributed by atoms with Crippen LogP contribution in [0.3, 0.4) is 0 Å². The predicted molar refractivity (Wildman–Crippen MR) is 286 cm³/mol. The van der Waals surface area contributed by atoms with Gasteiger partial charge < -0.3 is 19.8 Å². The summed E-state index contributed by atoms with van der Waals surface area (Å²) >= 11 is 0. The second-order valence-corrected chi connectivity index (χ2v) is 22.1. The van der Waals surface area contributed by atoms with Gasteiger partial charge in [-0.1, -0.05) is 249 Å². The molecule has 3 unspecified atom stereocenters. The summed E-state index contributed by atoms with van der Waals surface area (Å²) in [4.78, 5) is 23.3. The summed E-state index contributed by atoms with van der Waals surface area (Å²) in [6, 6.07) is -0.847. The maximum Gasteiger partial charge on any atom is 0.472 e. The third-order valence-electron chi connectivity index (χ3n) is 12.9. The van der Waals surface area contributed by atoms with E-state index in [0.717, 1.165) is 44.9 Å². The van der Waals surface area contributed by atoms with E-state index in [1.54, 1.807) is 6.08 Å². The van der Waals surface area contributed by atoms with Crippen molar-refractivity contribution in [2.75, 3.05) is 40.9 Å². The largest absolute Gasteiger partial charge is 0.472 e. The summed E-state index contributed by atoms with van der Waals surface area (Å²) in [5.74, 6) is -0.176. The van der Waals surface area contributed by atoms with Crippen molar-refractivity contribution < 1.29 is 32.9 Å². The van der Waals surface area contributed by atoms with Crippen molar-refractivity contribution in [1.82, 2.24) is 5.32 Å². The highest BCUT2D eigenvalue weighted by Crippen LogP contribution is 2.43. The lowest BCUT2D eigenvalue weighted by molar-refractivity contribution is -0.870. The zero-order valence-electron chi connectivity index (χ0n) is 44.4. The number of nitrogens with one attached hydrogen (secondary N) is 1. The number of nitrogens with zero attached hydrogens (tertiary/aromatic N) is 1. The molecule has 390 valence electrons. The number of amides is 1. The van der Waals surface area contributed by atoms with Crippen LogP contribution < -0.4 is 5.32 Å². The second kappa shape index (κ2) is 48.7. The number of unbranched alkanes of at least 4 members (excludes halogenated alkanes) is 35. The Kier molecular flexibility index (Phi) is 47.8. The minimum atomic E-state index is -4.35. The third-order valence-corrected chi connectivity index (χ3v) is 13.8. The average Bonchev–Trinajstić information content (AvgIpc) is 3.28. The van der Waals surface area contributed by atoms with E-state index in [2.05, 4.69) is 43.5 Å². The number of phosphoric acid groups is 1. The lowest BCUT2D eigenvalue weighted by atomic mass is 10.0. The van der Waals surface area contributed by atoms with E-state index in [9.17, 15) is 19.4 Å². The van der Waals surface area contributed by atoms with Gasteiger partial charge in [0.1, 0.15) is 13.2 Å². The maximum atomic E-state index is 13.0. The number of carbonyl (C=O) groups excluding carboxylic acids is 1. The lowest BCUT2D eigenvalue weighted by Gasteiger charge is -2.25. The van der Waals surface area contributed by atoms with E-state index >= 15 is 0 Å². The molecule has 0 fully saturated rings. The zero-order chi connectivity index (χ0) is 48.5. The number of rotatable bonds is 52. The molecule has 0 heterocycles. The number of aliphatic hydroxyl groups excluding tert-OH is 1. The van der Waals surface area contributed by atoms with Gasteiger partial charge in [-0.05, 0) is 51.4 Å². The molecule has 0 aliphatic carbocycles. The van der Waals surface area contributed by atoms with Crippen molar-refractivity contribution in [3.63, 3.8) is 0 Å². The van der Waals surface area contributed by atoms with Gasteiger partial charge in [-0.25, -0.2) is 4.57 Å². The quantitative estimate of drug-likeness (QED) is 0.0243. The van der Waals surface area contributed by atoms with E-state index < -0.39 is 20.0 Å². The van der Waals surface area contributed by atoms with E-state index in [1.807, 2.05) is 27.2 Å². The summed E-state index contributed by atoms with van der Waals surface area (Å²) in [5.41, 5.74) is 0. The molecule has 0 radical (unpaired) electrons. The molecule has 0 bridgehead atoms. The fourth-order valence-electron chi connectivity index (χ4n) is 8.37. The van der Waals surface area contributed by atoms with Crippen LogP contribution in [0, 0.1) is 0 Å². The number of phosphoric ester groups is 1. The second-order valence-electron chi connectivity index (χ2n) is 20.7. The molecule has 0 rings (SSSR count). The molecule has 0 aliphatic rings. The minimum Gasteiger partial charge on any atom is -0.387 e. The van der Waals surface area contributed by atoms with Gasteiger partial charge in [0.25, 0.3) is 0 Å². The molecule has 0 spiro atoms. The number of quaternary nitrogens is 1. The highest BCUT2D eigenvalue weighted by Gasteiger charge is 2.27. The predicted octanol–water partition coefficient (Wildman–Crippen LogP) is 17.0. The number of aliphatic hydroxyl groups is 1. The summed E-state index contributed by atoms with van der Waals surface area (Å²) < 4.78 is 23.7. The first kappa shape index (κ1) is 64.7. The Balaban J connectivity index is 4.23. The van der Waals surface area contributed by atoms with Crippen LogP contribution in [0.4, 0.5) is 0 Å². The molecule has 0 aromatic heterocycles. The molecule has 0 aromatic carbocycles. The van der Waals surface area contributed by atoms with Crippen molar-refractivity contribution in [2.45, 2.75) is 283 Å². The monoisotopic (exact) mass is 952 g/mol. The van der Waals surface area contributed by atoms with Crippen LogP contribution in [0.2, 0.25) is 0 Å². The highest BCUT2D eigenvalue weighted by atomic mass is 31.2. The molecular formula is C57H112N2O6P+. The van der Waals surface area contributed by atoms with Gasteiger partial charge in [0.2, 0.25) is 5.91 Å². The first-order valence-electron chi connectivity index (χ1n) is 28.4. The number of likely N-dealkylation sites (N-methyl/N-ethyl adjacent to an activating group) is 1. The Labute approximate surface area is 410 Å². The highest BCUT2D eigenvalue weighted by molar-refractivity contribution is 7.47. The first-order chi connectivity index (χ1) is 32.0. The molecule has 0 aliphatic heterocycles. The van der Waals surface area contributed by atoms with Gasteiger partial charge in [0.05, 0.1) is 39.9 Å². The summed E-state index contributed by atoms with van der Waals surface area (Å²) in [7, 11) is 1.58. The Hall–Kier alpha value is -1.28. The topological polar surface area (TPSA) is 105 Å². The standard InChI is InChI=1S/C57H111N2O6P/c1-6-8-10-12-14-16-18-20-22-24-26-28-29-31-33-35-37-39-41-43-45-47-49-51-57(61)58-55(54-65-66(62,63)64-53-52-59(3,4)5)56(60)50-48-46-44-42-40-38-36-34-32-30-27-25-23-21-19-17-15-13-11-9-7-2/h18,20,24,26,48,50,55-56,60H,6-17,19,21-23,25,27-47,49,51-54H2,1-5H3,(H-,58,61,62,63)/p+1/b20-18-,26-24-,50-48+. The fourth-order valence-corrected chi connectivity index (χ4v) is 9.10. The van der Waals surface area contributed by atoms with Gasteiger partial charge in [-0.15, -0.1) is 0 Å². The van der Waals surface area contributed by atoms with Crippen molar-refractivity contribution in [3.8, 4) is 0 Å². The van der Waals surface area contributed by atoms with Gasteiger partial charge in [-0.3, -0.25) is 13.8 Å². The van der Waals surface area contributed by atoms with Crippen LogP contribution in [0.25, 0.3) is 0 Å². The van der Waals surface area contributed by atoms with Crippen LogP contribution >= 0.6 is 7.82 Å². The minimum absolute atomic E-state index is 0.0617.